The molecule has 1 heterocycles. The van der Waals surface area contributed by atoms with E-state index in [1.807, 2.05) is 13.0 Å². The summed E-state index contributed by atoms with van der Waals surface area (Å²) in [7, 11) is 1.29. The minimum atomic E-state index is -0.550. The van der Waals surface area contributed by atoms with Gasteiger partial charge in [-0.25, -0.2) is 9.78 Å². The number of ether oxygens (including phenoxy) is 1. The topological polar surface area (TPSA) is 102 Å². The molecule has 0 spiro atoms. The van der Waals surface area contributed by atoms with Gasteiger partial charge in [0, 0.05) is 12.2 Å². The molecule has 0 aliphatic rings. The summed E-state index contributed by atoms with van der Waals surface area (Å²) < 4.78 is 5.81. The maximum Gasteiger partial charge on any atom is 0.411 e. The molecule has 0 bridgehead atoms. The zero-order chi connectivity index (χ0) is 20.1. The van der Waals surface area contributed by atoms with Crippen molar-refractivity contribution in [2.75, 3.05) is 12.4 Å². The number of para-hydroxylation sites is 1. The number of rotatable bonds is 5. The molecule has 2 aromatic carbocycles. The van der Waals surface area contributed by atoms with E-state index in [1.165, 1.54) is 18.0 Å². The summed E-state index contributed by atoms with van der Waals surface area (Å²) in [5.41, 5.74) is 2.75. The summed E-state index contributed by atoms with van der Waals surface area (Å²) in [4.78, 5) is 40.2. The van der Waals surface area contributed by atoms with Crippen LogP contribution in [-0.2, 0) is 22.6 Å². The Balaban J connectivity index is 1.62. The van der Waals surface area contributed by atoms with Crippen molar-refractivity contribution in [2.24, 2.45) is 0 Å². The number of hydrogen-bond acceptors (Lipinski definition) is 5. The van der Waals surface area contributed by atoms with Crippen molar-refractivity contribution in [2.45, 2.75) is 20.0 Å². The molecule has 28 heavy (non-hydrogen) atoms. The van der Waals surface area contributed by atoms with Crippen molar-refractivity contribution >= 4 is 28.6 Å². The number of benzene rings is 2. The fourth-order valence-electron chi connectivity index (χ4n) is 2.74. The number of methoxy groups -OCH3 is 1. The number of nitrogens with one attached hydrogen (secondary N) is 2. The van der Waals surface area contributed by atoms with E-state index in [0.717, 1.165) is 11.1 Å². The van der Waals surface area contributed by atoms with E-state index >= 15 is 0 Å². The Morgan fingerprint density at radius 3 is 2.61 bits per heavy atom. The summed E-state index contributed by atoms with van der Waals surface area (Å²) >= 11 is 0. The molecule has 0 saturated heterocycles. The molecule has 8 heteroatoms. The molecule has 3 rings (SSSR count). The lowest BCUT2D eigenvalue weighted by Gasteiger charge is -2.09. The van der Waals surface area contributed by atoms with Crippen LogP contribution in [0.25, 0.3) is 10.9 Å². The van der Waals surface area contributed by atoms with E-state index in [-0.39, 0.29) is 18.0 Å². The third-order valence-corrected chi connectivity index (χ3v) is 4.24. The number of carbonyl (C=O) groups excluding carboxylic acids is 2. The molecular weight excluding hydrogens is 360 g/mol. The highest BCUT2D eigenvalue weighted by molar-refractivity contribution is 5.84. The quantitative estimate of drug-likeness (QED) is 0.706. The van der Waals surface area contributed by atoms with E-state index < -0.39 is 6.09 Å². The normalized spacial score (nSPS) is 10.5. The Bertz CT molecular complexity index is 1070. The van der Waals surface area contributed by atoms with Crippen molar-refractivity contribution in [3.8, 4) is 0 Å². The first-order valence-corrected chi connectivity index (χ1v) is 8.63. The van der Waals surface area contributed by atoms with Gasteiger partial charge in [-0.2, -0.15) is 0 Å². The molecule has 0 unspecified atom stereocenters. The first-order valence-electron chi connectivity index (χ1n) is 8.63. The first kappa shape index (κ1) is 19.1. The lowest BCUT2D eigenvalue weighted by Crippen LogP contribution is -2.32. The predicted octanol–water partition coefficient (Wildman–Crippen LogP) is 2.20. The fourth-order valence-corrected chi connectivity index (χ4v) is 2.74. The van der Waals surface area contributed by atoms with Crippen LogP contribution < -0.4 is 16.2 Å². The van der Waals surface area contributed by atoms with Crippen LogP contribution >= 0.6 is 0 Å². The number of aryl methyl sites for hydroxylation is 1. The SMILES string of the molecule is COC(=O)Nc1ccc(CNC(=O)Cn2cnc3c(C)cccc3c2=O)cc1. The Hall–Kier alpha value is -3.68. The smallest absolute Gasteiger partial charge is 0.411 e. The molecule has 0 saturated carbocycles. The van der Waals surface area contributed by atoms with Gasteiger partial charge in [-0.1, -0.05) is 24.3 Å². The largest absolute Gasteiger partial charge is 0.453 e. The average molecular weight is 380 g/mol. The zero-order valence-electron chi connectivity index (χ0n) is 15.6. The molecule has 2 amide bonds. The van der Waals surface area contributed by atoms with E-state index in [2.05, 4.69) is 20.4 Å². The number of nitrogens with zero attached hydrogens (tertiary/aromatic N) is 2. The number of hydrogen-bond donors (Lipinski definition) is 2. The Morgan fingerprint density at radius 1 is 1.14 bits per heavy atom. The minimum absolute atomic E-state index is 0.113. The van der Waals surface area contributed by atoms with Gasteiger partial charge in [-0.3, -0.25) is 19.5 Å². The molecule has 0 atom stereocenters. The number of anilines is 1. The van der Waals surface area contributed by atoms with Crippen LogP contribution in [0.5, 0.6) is 0 Å². The first-order chi connectivity index (χ1) is 13.5. The second kappa shape index (κ2) is 8.34. The molecule has 0 radical (unpaired) electrons. The van der Waals surface area contributed by atoms with E-state index in [1.54, 1.807) is 36.4 Å². The van der Waals surface area contributed by atoms with Crippen LogP contribution in [0, 0.1) is 6.92 Å². The monoisotopic (exact) mass is 380 g/mol. The van der Waals surface area contributed by atoms with Gasteiger partial charge >= 0.3 is 6.09 Å². The van der Waals surface area contributed by atoms with Crippen LogP contribution in [0.1, 0.15) is 11.1 Å². The third-order valence-electron chi connectivity index (χ3n) is 4.24. The van der Waals surface area contributed by atoms with Crippen molar-refractivity contribution in [3.63, 3.8) is 0 Å². The van der Waals surface area contributed by atoms with Crippen molar-refractivity contribution < 1.29 is 14.3 Å². The molecule has 144 valence electrons. The molecule has 0 aliphatic heterocycles. The van der Waals surface area contributed by atoms with Crippen molar-refractivity contribution in [1.29, 1.82) is 0 Å². The Kier molecular flexibility index (Phi) is 5.69. The summed E-state index contributed by atoms with van der Waals surface area (Å²) in [5, 5.41) is 5.80. The lowest BCUT2D eigenvalue weighted by molar-refractivity contribution is -0.121. The van der Waals surface area contributed by atoms with Crippen LogP contribution in [0.3, 0.4) is 0 Å². The standard InChI is InChI=1S/C20H20N4O4/c1-13-4-3-5-16-18(13)22-12-24(19(16)26)11-17(25)21-10-14-6-8-15(9-7-14)23-20(27)28-2/h3-9,12H,10-11H2,1-2H3,(H,21,25)(H,23,27). The van der Waals surface area contributed by atoms with Gasteiger partial charge in [0.15, 0.2) is 0 Å². The van der Waals surface area contributed by atoms with Crippen LogP contribution in [0.2, 0.25) is 0 Å². The van der Waals surface area contributed by atoms with Gasteiger partial charge in [-0.15, -0.1) is 0 Å². The van der Waals surface area contributed by atoms with Gasteiger partial charge < -0.3 is 10.1 Å². The maximum absolute atomic E-state index is 12.5. The van der Waals surface area contributed by atoms with Crippen molar-refractivity contribution in [3.05, 3.63) is 70.3 Å². The van der Waals surface area contributed by atoms with Gasteiger partial charge in [0.1, 0.15) is 6.54 Å². The van der Waals surface area contributed by atoms with Crippen LogP contribution in [0.4, 0.5) is 10.5 Å². The van der Waals surface area contributed by atoms with E-state index in [0.29, 0.717) is 23.1 Å². The second-order valence-corrected chi connectivity index (χ2v) is 6.24. The fraction of sp³-hybridized carbons (Fsp3) is 0.200. The van der Waals surface area contributed by atoms with E-state index in [4.69, 9.17) is 0 Å². The number of aromatic nitrogens is 2. The number of amides is 2. The summed E-state index contributed by atoms with van der Waals surface area (Å²) in [6.07, 6.45) is 0.843. The highest BCUT2D eigenvalue weighted by Gasteiger charge is 2.09. The molecule has 3 aromatic rings. The van der Waals surface area contributed by atoms with Gasteiger partial charge in [0.2, 0.25) is 5.91 Å². The maximum atomic E-state index is 12.5. The highest BCUT2D eigenvalue weighted by atomic mass is 16.5. The second-order valence-electron chi connectivity index (χ2n) is 6.24. The zero-order valence-corrected chi connectivity index (χ0v) is 15.6. The van der Waals surface area contributed by atoms with Gasteiger partial charge in [0.25, 0.3) is 5.56 Å². The van der Waals surface area contributed by atoms with Crippen LogP contribution in [0.15, 0.2) is 53.6 Å². The summed E-state index contributed by atoms with van der Waals surface area (Å²) in [6.45, 7) is 2.07. The molecule has 8 nitrogen and oxygen atoms in total. The number of fused-ring (bicyclic) bond motifs is 1. The Morgan fingerprint density at radius 2 is 1.89 bits per heavy atom. The van der Waals surface area contributed by atoms with Gasteiger partial charge in [0.05, 0.1) is 24.3 Å². The lowest BCUT2D eigenvalue weighted by atomic mass is 10.1. The minimum Gasteiger partial charge on any atom is -0.453 e. The van der Waals surface area contributed by atoms with Gasteiger partial charge in [-0.05, 0) is 36.2 Å². The molecule has 0 fully saturated rings. The summed E-state index contributed by atoms with van der Waals surface area (Å²) in [6, 6.07) is 12.4. The summed E-state index contributed by atoms with van der Waals surface area (Å²) in [5.74, 6) is -0.298. The van der Waals surface area contributed by atoms with Crippen LogP contribution in [-0.4, -0.2) is 28.7 Å². The number of carbonyl (C=O) groups is 2. The van der Waals surface area contributed by atoms with Crippen molar-refractivity contribution in [1.82, 2.24) is 14.9 Å². The highest BCUT2D eigenvalue weighted by Crippen LogP contribution is 2.11. The third kappa shape index (κ3) is 4.35. The van der Waals surface area contributed by atoms with E-state index in [9.17, 15) is 14.4 Å². The average Bonchev–Trinajstić information content (AvgIpc) is 2.70. The molecule has 0 aliphatic carbocycles. The molecular formula is C20H20N4O4. The molecule has 2 N–H and O–H groups in total. The Labute approximate surface area is 161 Å². The molecule has 1 aromatic heterocycles. The predicted molar refractivity (Wildman–Crippen MR) is 105 cm³/mol.